The van der Waals surface area contributed by atoms with Crippen LogP contribution in [0.25, 0.3) is 0 Å². The summed E-state index contributed by atoms with van der Waals surface area (Å²) in [6.07, 6.45) is 0. The molecule has 2 aromatic rings. The van der Waals surface area contributed by atoms with E-state index in [-0.39, 0.29) is 5.78 Å². The van der Waals surface area contributed by atoms with E-state index in [0.717, 1.165) is 16.9 Å². The Hall–Kier alpha value is -2.09. The van der Waals surface area contributed by atoms with Crippen LogP contribution < -0.4 is 5.32 Å². The van der Waals surface area contributed by atoms with Crippen molar-refractivity contribution in [2.45, 2.75) is 20.8 Å². The SMILES string of the molecule is CC(=O)c1ccc(Nc2ccc(C)c(C)c2)cc1. The minimum atomic E-state index is 0.0905. The van der Waals surface area contributed by atoms with E-state index >= 15 is 0 Å². The van der Waals surface area contributed by atoms with Gasteiger partial charge in [0, 0.05) is 16.9 Å². The van der Waals surface area contributed by atoms with Crippen LogP contribution in [-0.2, 0) is 0 Å². The van der Waals surface area contributed by atoms with Crippen LogP contribution in [0.2, 0.25) is 0 Å². The maximum absolute atomic E-state index is 11.2. The van der Waals surface area contributed by atoms with Crippen LogP contribution in [-0.4, -0.2) is 5.78 Å². The lowest BCUT2D eigenvalue weighted by molar-refractivity contribution is 0.101. The maximum Gasteiger partial charge on any atom is 0.159 e. The third-order valence-electron chi connectivity index (χ3n) is 3.09. The van der Waals surface area contributed by atoms with Gasteiger partial charge in [0.25, 0.3) is 0 Å². The highest BCUT2D eigenvalue weighted by molar-refractivity contribution is 5.94. The Morgan fingerprint density at radius 2 is 1.50 bits per heavy atom. The Morgan fingerprint density at radius 1 is 0.889 bits per heavy atom. The third-order valence-corrected chi connectivity index (χ3v) is 3.09. The maximum atomic E-state index is 11.2. The standard InChI is InChI=1S/C16H17NO/c1-11-4-7-16(10-12(11)2)17-15-8-5-14(6-9-15)13(3)18/h4-10,17H,1-3H3. The number of hydrogen-bond acceptors (Lipinski definition) is 2. The van der Waals surface area contributed by atoms with E-state index in [9.17, 15) is 4.79 Å². The number of rotatable bonds is 3. The van der Waals surface area contributed by atoms with Crippen molar-refractivity contribution in [3.8, 4) is 0 Å². The van der Waals surface area contributed by atoms with Gasteiger partial charge in [-0.3, -0.25) is 4.79 Å². The number of aryl methyl sites for hydroxylation is 2. The number of nitrogens with one attached hydrogen (secondary N) is 1. The summed E-state index contributed by atoms with van der Waals surface area (Å²) in [5.74, 6) is 0.0905. The van der Waals surface area contributed by atoms with Crippen molar-refractivity contribution in [3.05, 3.63) is 59.2 Å². The van der Waals surface area contributed by atoms with Crippen LogP contribution in [0.15, 0.2) is 42.5 Å². The van der Waals surface area contributed by atoms with Crippen molar-refractivity contribution in [1.29, 1.82) is 0 Å². The first-order valence-corrected chi connectivity index (χ1v) is 6.01. The molecule has 0 heterocycles. The number of Topliss-reactive ketones (excluding diaryl/α,β-unsaturated/α-hetero) is 1. The highest BCUT2D eigenvalue weighted by Gasteiger charge is 2.00. The van der Waals surface area contributed by atoms with Crippen LogP contribution in [0.1, 0.15) is 28.4 Å². The molecule has 0 aliphatic heterocycles. The lowest BCUT2D eigenvalue weighted by atomic mass is 10.1. The number of hydrogen-bond donors (Lipinski definition) is 1. The van der Waals surface area contributed by atoms with Gasteiger partial charge in [-0.1, -0.05) is 6.07 Å². The normalized spacial score (nSPS) is 10.2. The Morgan fingerprint density at radius 3 is 2.06 bits per heavy atom. The van der Waals surface area contributed by atoms with Crippen LogP contribution in [0.5, 0.6) is 0 Å². The monoisotopic (exact) mass is 239 g/mol. The zero-order valence-corrected chi connectivity index (χ0v) is 10.9. The molecular weight excluding hydrogens is 222 g/mol. The molecule has 18 heavy (non-hydrogen) atoms. The third kappa shape index (κ3) is 2.77. The fourth-order valence-electron chi connectivity index (χ4n) is 1.77. The first-order chi connectivity index (χ1) is 8.56. The average molecular weight is 239 g/mol. The second-order valence-corrected chi connectivity index (χ2v) is 4.56. The second kappa shape index (κ2) is 5.05. The van der Waals surface area contributed by atoms with E-state index in [0.29, 0.717) is 0 Å². The Labute approximate surface area is 108 Å². The smallest absolute Gasteiger partial charge is 0.159 e. The van der Waals surface area contributed by atoms with Crippen molar-refractivity contribution >= 4 is 17.2 Å². The van der Waals surface area contributed by atoms with E-state index in [2.05, 4.69) is 37.4 Å². The number of ketones is 1. The van der Waals surface area contributed by atoms with Gasteiger partial charge in [0.05, 0.1) is 0 Å². The molecule has 0 spiro atoms. The molecule has 0 aliphatic rings. The van der Waals surface area contributed by atoms with Gasteiger partial charge < -0.3 is 5.32 Å². The van der Waals surface area contributed by atoms with Gasteiger partial charge in [-0.15, -0.1) is 0 Å². The molecule has 2 aromatic carbocycles. The van der Waals surface area contributed by atoms with E-state index in [1.165, 1.54) is 11.1 Å². The summed E-state index contributed by atoms with van der Waals surface area (Å²) >= 11 is 0. The molecule has 0 bridgehead atoms. The zero-order chi connectivity index (χ0) is 13.1. The number of carbonyl (C=O) groups is 1. The minimum Gasteiger partial charge on any atom is -0.356 e. The van der Waals surface area contributed by atoms with Gasteiger partial charge in [0.1, 0.15) is 0 Å². The molecule has 1 N–H and O–H groups in total. The molecule has 0 aliphatic carbocycles. The topological polar surface area (TPSA) is 29.1 Å². The molecule has 2 rings (SSSR count). The summed E-state index contributed by atoms with van der Waals surface area (Å²) in [5, 5.41) is 3.33. The first-order valence-electron chi connectivity index (χ1n) is 6.01. The summed E-state index contributed by atoms with van der Waals surface area (Å²) in [4.78, 5) is 11.2. The largest absolute Gasteiger partial charge is 0.356 e. The summed E-state index contributed by atoms with van der Waals surface area (Å²) in [6, 6.07) is 13.8. The second-order valence-electron chi connectivity index (χ2n) is 4.56. The first kappa shape index (κ1) is 12.4. The van der Waals surface area contributed by atoms with Crippen LogP contribution in [0.4, 0.5) is 11.4 Å². The van der Waals surface area contributed by atoms with Crippen molar-refractivity contribution < 1.29 is 4.79 Å². The van der Waals surface area contributed by atoms with Gasteiger partial charge in [-0.25, -0.2) is 0 Å². The lowest BCUT2D eigenvalue weighted by Crippen LogP contribution is -1.94. The van der Waals surface area contributed by atoms with E-state index in [4.69, 9.17) is 0 Å². The van der Waals surface area contributed by atoms with Crippen LogP contribution in [0, 0.1) is 13.8 Å². The summed E-state index contributed by atoms with van der Waals surface area (Å²) < 4.78 is 0. The highest BCUT2D eigenvalue weighted by atomic mass is 16.1. The molecule has 0 unspecified atom stereocenters. The predicted octanol–water partition coefficient (Wildman–Crippen LogP) is 4.25. The number of carbonyl (C=O) groups excluding carboxylic acids is 1. The molecule has 2 nitrogen and oxygen atoms in total. The fraction of sp³-hybridized carbons (Fsp3) is 0.188. The van der Waals surface area contributed by atoms with Gasteiger partial charge in [-0.05, 0) is 68.3 Å². The number of benzene rings is 2. The Bertz CT molecular complexity index is 570. The average Bonchev–Trinajstić information content (AvgIpc) is 2.34. The Kier molecular flexibility index (Phi) is 3.47. The van der Waals surface area contributed by atoms with Crippen LogP contribution in [0.3, 0.4) is 0 Å². The van der Waals surface area contributed by atoms with Gasteiger partial charge >= 0.3 is 0 Å². The van der Waals surface area contributed by atoms with Crippen molar-refractivity contribution in [1.82, 2.24) is 0 Å². The van der Waals surface area contributed by atoms with Crippen molar-refractivity contribution in [3.63, 3.8) is 0 Å². The molecule has 2 heteroatoms. The molecule has 0 amide bonds. The van der Waals surface area contributed by atoms with Crippen molar-refractivity contribution in [2.75, 3.05) is 5.32 Å². The van der Waals surface area contributed by atoms with Gasteiger partial charge in [0.15, 0.2) is 5.78 Å². The minimum absolute atomic E-state index is 0.0905. The fourth-order valence-corrected chi connectivity index (χ4v) is 1.77. The molecule has 0 saturated heterocycles. The quantitative estimate of drug-likeness (QED) is 0.811. The predicted molar refractivity (Wildman–Crippen MR) is 75.6 cm³/mol. The lowest BCUT2D eigenvalue weighted by Gasteiger charge is -2.09. The molecule has 0 atom stereocenters. The molecule has 0 fully saturated rings. The summed E-state index contributed by atoms with van der Waals surface area (Å²) in [7, 11) is 0. The summed E-state index contributed by atoms with van der Waals surface area (Å²) in [5.41, 5.74) is 5.34. The zero-order valence-electron chi connectivity index (χ0n) is 10.9. The molecule has 92 valence electrons. The summed E-state index contributed by atoms with van der Waals surface area (Å²) in [6.45, 7) is 5.77. The van der Waals surface area contributed by atoms with Gasteiger partial charge in [0.2, 0.25) is 0 Å². The van der Waals surface area contributed by atoms with Crippen molar-refractivity contribution in [2.24, 2.45) is 0 Å². The number of anilines is 2. The molecule has 0 aromatic heterocycles. The van der Waals surface area contributed by atoms with E-state index in [1.807, 2.05) is 24.3 Å². The highest BCUT2D eigenvalue weighted by Crippen LogP contribution is 2.20. The molecule has 0 radical (unpaired) electrons. The Balaban J connectivity index is 2.18. The molecule has 0 saturated carbocycles. The van der Waals surface area contributed by atoms with E-state index < -0.39 is 0 Å². The van der Waals surface area contributed by atoms with Gasteiger partial charge in [-0.2, -0.15) is 0 Å². The van der Waals surface area contributed by atoms with Crippen LogP contribution >= 0.6 is 0 Å². The van der Waals surface area contributed by atoms with E-state index in [1.54, 1.807) is 6.92 Å². The molecular formula is C16H17NO.